The number of nitrogens with zero attached hydrogens (tertiary/aromatic N) is 2. The maximum atomic E-state index is 11.2. The van der Waals surface area contributed by atoms with Crippen LogP contribution in [-0.4, -0.2) is 21.0 Å². The molecule has 6 heteroatoms. The number of aryl methyl sites for hydroxylation is 2. The molecule has 0 radical (unpaired) electrons. The number of rotatable bonds is 3. The first-order valence-corrected chi connectivity index (χ1v) is 7.09. The van der Waals surface area contributed by atoms with Crippen LogP contribution in [0.5, 0.6) is 0 Å². The lowest BCUT2D eigenvalue weighted by Gasteiger charge is -2.06. The van der Waals surface area contributed by atoms with E-state index >= 15 is 0 Å². The van der Waals surface area contributed by atoms with Crippen LogP contribution in [0.15, 0.2) is 38.8 Å². The molecule has 0 fully saturated rings. The van der Waals surface area contributed by atoms with E-state index in [1.165, 1.54) is 11.8 Å². The quantitative estimate of drug-likeness (QED) is 0.864. The first kappa shape index (κ1) is 14.0. The van der Waals surface area contributed by atoms with Gasteiger partial charge in [0.2, 0.25) is 0 Å². The van der Waals surface area contributed by atoms with Crippen LogP contribution in [0.4, 0.5) is 0 Å². The summed E-state index contributed by atoms with van der Waals surface area (Å²) in [6, 6.07) is 6.91. The van der Waals surface area contributed by atoms with E-state index in [-0.39, 0.29) is 5.56 Å². The largest absolute Gasteiger partial charge is 0.478 e. The van der Waals surface area contributed by atoms with E-state index in [0.29, 0.717) is 10.1 Å². The van der Waals surface area contributed by atoms with E-state index in [1.807, 2.05) is 19.9 Å². The summed E-state index contributed by atoms with van der Waals surface area (Å²) in [6.45, 7) is 3.77. The smallest absolute Gasteiger partial charge is 0.336 e. The van der Waals surface area contributed by atoms with E-state index in [1.54, 1.807) is 18.2 Å². The number of carboxylic acid groups (broad SMARTS) is 1. The molecule has 1 aromatic carbocycles. The molecule has 0 aliphatic heterocycles. The van der Waals surface area contributed by atoms with Gasteiger partial charge in [-0.25, -0.2) is 14.8 Å². The fraction of sp³-hybridized carbons (Fsp3) is 0.154. The Morgan fingerprint density at radius 2 is 1.84 bits per heavy atom. The number of hydrogen-bond donors (Lipinski definition) is 1. The molecule has 0 saturated carbocycles. The maximum absolute atomic E-state index is 11.2. The molecule has 2 aromatic rings. The van der Waals surface area contributed by atoms with Gasteiger partial charge in [0, 0.05) is 20.8 Å². The Morgan fingerprint density at radius 1 is 1.21 bits per heavy atom. The Labute approximate surface area is 123 Å². The molecule has 0 aliphatic rings. The third-order valence-corrected chi connectivity index (χ3v) is 3.75. The summed E-state index contributed by atoms with van der Waals surface area (Å²) in [4.78, 5) is 20.4. The minimum Gasteiger partial charge on any atom is -0.478 e. The fourth-order valence-electron chi connectivity index (χ4n) is 1.59. The second-order valence-corrected chi connectivity index (χ2v) is 5.91. The van der Waals surface area contributed by atoms with Gasteiger partial charge >= 0.3 is 5.97 Å². The van der Waals surface area contributed by atoms with Gasteiger partial charge < -0.3 is 5.11 Å². The lowest BCUT2D eigenvalue weighted by atomic mass is 10.2. The molecule has 0 atom stereocenters. The van der Waals surface area contributed by atoms with Gasteiger partial charge in [0.1, 0.15) is 0 Å². The van der Waals surface area contributed by atoms with Gasteiger partial charge in [-0.3, -0.25) is 0 Å². The summed E-state index contributed by atoms with van der Waals surface area (Å²) in [5.74, 6) is -0.959. The zero-order valence-corrected chi connectivity index (χ0v) is 12.7. The third kappa shape index (κ3) is 3.54. The van der Waals surface area contributed by atoms with Gasteiger partial charge in [-0.05, 0) is 49.9 Å². The lowest BCUT2D eigenvalue weighted by Crippen LogP contribution is -2.00. The van der Waals surface area contributed by atoms with Crippen molar-refractivity contribution in [3.63, 3.8) is 0 Å². The zero-order chi connectivity index (χ0) is 14.0. The Balaban J connectivity index is 2.42. The summed E-state index contributed by atoms with van der Waals surface area (Å²) in [5.41, 5.74) is 1.97. The SMILES string of the molecule is Cc1cc(C)nc(Sc2cc(Br)ccc2C(=O)O)n1. The van der Waals surface area contributed by atoms with Gasteiger partial charge in [-0.1, -0.05) is 15.9 Å². The second kappa shape index (κ2) is 5.71. The third-order valence-electron chi connectivity index (χ3n) is 2.34. The standard InChI is InChI=1S/C13H11BrN2O2S/c1-7-5-8(2)16-13(15-7)19-11-6-9(14)3-4-10(11)12(17)18/h3-6H,1-2H3,(H,17,18). The number of hydrogen-bond acceptors (Lipinski definition) is 4. The van der Waals surface area contributed by atoms with Crippen molar-refractivity contribution >= 4 is 33.7 Å². The molecule has 0 saturated heterocycles. The topological polar surface area (TPSA) is 63.1 Å². The Kier molecular flexibility index (Phi) is 4.21. The average Bonchev–Trinajstić information content (AvgIpc) is 2.26. The molecule has 0 unspecified atom stereocenters. The minimum atomic E-state index is -0.959. The van der Waals surface area contributed by atoms with Crippen molar-refractivity contribution in [1.82, 2.24) is 9.97 Å². The number of halogens is 1. The van der Waals surface area contributed by atoms with E-state index in [2.05, 4.69) is 25.9 Å². The Morgan fingerprint density at radius 3 is 2.42 bits per heavy atom. The van der Waals surface area contributed by atoms with Crippen molar-refractivity contribution < 1.29 is 9.90 Å². The maximum Gasteiger partial charge on any atom is 0.336 e. The molecule has 1 heterocycles. The average molecular weight is 339 g/mol. The van der Waals surface area contributed by atoms with Crippen LogP contribution in [0, 0.1) is 13.8 Å². The molecule has 1 aromatic heterocycles. The minimum absolute atomic E-state index is 0.246. The molecule has 1 N–H and O–H groups in total. The highest BCUT2D eigenvalue weighted by Gasteiger charge is 2.13. The summed E-state index contributed by atoms with van der Waals surface area (Å²) >= 11 is 4.59. The molecule has 0 bridgehead atoms. The summed E-state index contributed by atoms with van der Waals surface area (Å²) in [6.07, 6.45) is 0. The number of carboxylic acids is 1. The van der Waals surface area contributed by atoms with Crippen LogP contribution in [-0.2, 0) is 0 Å². The summed E-state index contributed by atoms with van der Waals surface area (Å²) < 4.78 is 0.823. The predicted molar refractivity (Wildman–Crippen MR) is 76.7 cm³/mol. The van der Waals surface area contributed by atoms with Crippen LogP contribution < -0.4 is 0 Å². The number of benzene rings is 1. The number of carbonyl (C=O) groups is 1. The number of aromatic nitrogens is 2. The van der Waals surface area contributed by atoms with Gasteiger partial charge in [-0.2, -0.15) is 0 Å². The van der Waals surface area contributed by atoms with Crippen molar-refractivity contribution in [2.24, 2.45) is 0 Å². The molecular weight excluding hydrogens is 328 g/mol. The van der Waals surface area contributed by atoms with Crippen LogP contribution >= 0.6 is 27.7 Å². The van der Waals surface area contributed by atoms with Crippen molar-refractivity contribution in [3.8, 4) is 0 Å². The Hall–Kier alpha value is -1.40. The first-order chi connectivity index (χ1) is 8.95. The summed E-state index contributed by atoms with van der Waals surface area (Å²) in [7, 11) is 0. The van der Waals surface area contributed by atoms with Crippen LogP contribution in [0.3, 0.4) is 0 Å². The molecule has 19 heavy (non-hydrogen) atoms. The predicted octanol–water partition coefficient (Wildman–Crippen LogP) is 3.71. The first-order valence-electron chi connectivity index (χ1n) is 5.48. The number of aromatic carboxylic acids is 1. The van der Waals surface area contributed by atoms with Gasteiger partial charge in [0.05, 0.1) is 5.56 Å². The van der Waals surface area contributed by atoms with Crippen molar-refractivity contribution in [2.45, 2.75) is 23.9 Å². The highest BCUT2D eigenvalue weighted by Crippen LogP contribution is 2.30. The van der Waals surface area contributed by atoms with Crippen molar-refractivity contribution in [1.29, 1.82) is 0 Å². The molecule has 0 amide bonds. The molecule has 4 nitrogen and oxygen atoms in total. The zero-order valence-electron chi connectivity index (χ0n) is 10.3. The van der Waals surface area contributed by atoms with E-state index in [0.717, 1.165) is 15.9 Å². The lowest BCUT2D eigenvalue weighted by molar-refractivity contribution is 0.0693. The highest BCUT2D eigenvalue weighted by molar-refractivity contribution is 9.10. The van der Waals surface area contributed by atoms with Gasteiger partial charge in [0.25, 0.3) is 0 Å². The van der Waals surface area contributed by atoms with E-state index < -0.39 is 5.97 Å². The normalized spacial score (nSPS) is 10.5. The molecule has 2 rings (SSSR count). The van der Waals surface area contributed by atoms with Crippen LogP contribution in [0.25, 0.3) is 0 Å². The van der Waals surface area contributed by atoms with E-state index in [9.17, 15) is 9.90 Å². The molecule has 98 valence electrons. The van der Waals surface area contributed by atoms with Crippen LogP contribution in [0.2, 0.25) is 0 Å². The van der Waals surface area contributed by atoms with Crippen molar-refractivity contribution in [3.05, 3.63) is 45.7 Å². The van der Waals surface area contributed by atoms with E-state index in [4.69, 9.17) is 0 Å². The monoisotopic (exact) mass is 338 g/mol. The van der Waals surface area contributed by atoms with Crippen LogP contribution in [0.1, 0.15) is 21.7 Å². The molecular formula is C13H11BrN2O2S. The molecule has 0 aliphatic carbocycles. The molecule has 0 spiro atoms. The van der Waals surface area contributed by atoms with Gasteiger partial charge in [-0.15, -0.1) is 0 Å². The van der Waals surface area contributed by atoms with Crippen molar-refractivity contribution in [2.75, 3.05) is 0 Å². The Bertz CT molecular complexity index is 626. The second-order valence-electron chi connectivity index (χ2n) is 3.98. The fourth-order valence-corrected chi connectivity index (χ4v) is 3.13. The highest BCUT2D eigenvalue weighted by atomic mass is 79.9. The van der Waals surface area contributed by atoms with Gasteiger partial charge in [0.15, 0.2) is 5.16 Å². The summed E-state index contributed by atoms with van der Waals surface area (Å²) in [5, 5.41) is 9.73.